The Bertz CT molecular complexity index is 162. The SMILES string of the molecule is ClCCc1[c]nccc1. The average molecular weight is 141 g/mol. The first-order valence-corrected chi connectivity index (χ1v) is 3.34. The van der Waals surface area contributed by atoms with Crippen molar-refractivity contribution in [3.63, 3.8) is 0 Å². The van der Waals surface area contributed by atoms with Crippen LogP contribution in [0, 0.1) is 6.20 Å². The predicted octanol–water partition coefficient (Wildman–Crippen LogP) is 1.66. The minimum atomic E-state index is 0.641. The fraction of sp³-hybridized carbons (Fsp3) is 0.286. The summed E-state index contributed by atoms with van der Waals surface area (Å²) in [6.07, 6.45) is 5.40. The predicted molar refractivity (Wildman–Crippen MR) is 37.5 cm³/mol. The molecule has 1 rings (SSSR count). The van der Waals surface area contributed by atoms with Crippen LogP contribution >= 0.6 is 11.6 Å². The third-order valence-corrected chi connectivity index (χ3v) is 1.22. The summed E-state index contributed by atoms with van der Waals surface area (Å²) >= 11 is 5.49. The number of alkyl halides is 1. The minimum Gasteiger partial charge on any atom is -0.254 e. The molecule has 1 nitrogen and oxygen atoms in total. The number of halogens is 1. The fourth-order valence-corrected chi connectivity index (χ4v) is 0.804. The normalized spacial score (nSPS) is 9.44. The fourth-order valence-electron chi connectivity index (χ4n) is 0.601. The standard InChI is InChI=1S/C7H7ClN/c8-4-3-7-2-1-5-9-6-7/h1-2,5H,3-4H2. The molecule has 1 aromatic heterocycles. The van der Waals surface area contributed by atoms with Crippen LogP contribution in [0.15, 0.2) is 18.3 Å². The van der Waals surface area contributed by atoms with Gasteiger partial charge in [-0.1, -0.05) is 6.07 Å². The van der Waals surface area contributed by atoms with Crippen LogP contribution in [0.4, 0.5) is 0 Å². The van der Waals surface area contributed by atoms with Gasteiger partial charge in [0.2, 0.25) is 0 Å². The Hall–Kier alpha value is -0.560. The van der Waals surface area contributed by atoms with E-state index in [-0.39, 0.29) is 0 Å². The lowest BCUT2D eigenvalue weighted by Gasteiger charge is -1.91. The molecular weight excluding hydrogens is 134 g/mol. The van der Waals surface area contributed by atoms with Crippen LogP contribution in [0.25, 0.3) is 0 Å². The molecule has 47 valence electrons. The van der Waals surface area contributed by atoms with Crippen molar-refractivity contribution in [1.29, 1.82) is 0 Å². The van der Waals surface area contributed by atoms with E-state index in [9.17, 15) is 0 Å². The van der Waals surface area contributed by atoms with E-state index in [1.54, 1.807) is 6.20 Å². The average Bonchev–Trinajstić information content (AvgIpc) is 1.91. The highest BCUT2D eigenvalue weighted by atomic mass is 35.5. The van der Waals surface area contributed by atoms with Gasteiger partial charge in [0.1, 0.15) is 0 Å². The summed E-state index contributed by atoms with van der Waals surface area (Å²) in [7, 11) is 0. The number of hydrogen-bond donors (Lipinski definition) is 0. The second-order valence-corrected chi connectivity index (χ2v) is 2.09. The van der Waals surface area contributed by atoms with Crippen molar-refractivity contribution in [3.8, 4) is 0 Å². The zero-order valence-electron chi connectivity index (χ0n) is 4.97. The van der Waals surface area contributed by atoms with Gasteiger partial charge < -0.3 is 0 Å². The van der Waals surface area contributed by atoms with E-state index in [0.717, 1.165) is 12.0 Å². The van der Waals surface area contributed by atoms with Crippen molar-refractivity contribution in [1.82, 2.24) is 4.98 Å². The van der Waals surface area contributed by atoms with Crippen LogP contribution in [0.2, 0.25) is 0 Å². The molecule has 1 radical (unpaired) electrons. The van der Waals surface area contributed by atoms with Gasteiger partial charge in [-0.15, -0.1) is 11.6 Å². The topological polar surface area (TPSA) is 12.9 Å². The highest BCUT2D eigenvalue weighted by Crippen LogP contribution is 1.96. The maximum Gasteiger partial charge on any atom is 0.0921 e. The number of nitrogens with zero attached hydrogens (tertiary/aromatic N) is 1. The molecule has 0 N–H and O–H groups in total. The van der Waals surface area contributed by atoms with Crippen LogP contribution < -0.4 is 0 Å². The number of rotatable bonds is 2. The summed E-state index contributed by atoms with van der Waals surface area (Å²) in [5, 5.41) is 0. The van der Waals surface area contributed by atoms with Crippen molar-refractivity contribution >= 4 is 11.6 Å². The first kappa shape index (κ1) is 6.56. The van der Waals surface area contributed by atoms with Crippen molar-refractivity contribution < 1.29 is 0 Å². The van der Waals surface area contributed by atoms with Gasteiger partial charge in [0, 0.05) is 12.1 Å². The molecule has 9 heavy (non-hydrogen) atoms. The summed E-state index contributed by atoms with van der Waals surface area (Å²) in [6, 6.07) is 3.85. The molecule has 0 aliphatic carbocycles. The van der Waals surface area contributed by atoms with Gasteiger partial charge in [0.05, 0.1) is 6.20 Å². The van der Waals surface area contributed by atoms with Gasteiger partial charge in [0.25, 0.3) is 0 Å². The van der Waals surface area contributed by atoms with E-state index in [2.05, 4.69) is 11.2 Å². The maximum atomic E-state index is 5.49. The number of pyridine rings is 1. The monoisotopic (exact) mass is 140 g/mol. The van der Waals surface area contributed by atoms with Crippen LogP contribution in [0.3, 0.4) is 0 Å². The molecule has 0 bridgehead atoms. The first-order chi connectivity index (χ1) is 4.43. The Balaban J connectivity index is 2.61. The van der Waals surface area contributed by atoms with E-state index in [1.807, 2.05) is 12.1 Å². The maximum absolute atomic E-state index is 5.49. The van der Waals surface area contributed by atoms with Crippen molar-refractivity contribution in [2.45, 2.75) is 6.42 Å². The molecule has 1 heterocycles. The Morgan fingerprint density at radius 3 is 3.11 bits per heavy atom. The van der Waals surface area contributed by atoms with Gasteiger partial charge >= 0.3 is 0 Å². The molecule has 0 amide bonds. The minimum absolute atomic E-state index is 0.641. The van der Waals surface area contributed by atoms with E-state index in [1.165, 1.54) is 0 Å². The summed E-state index contributed by atoms with van der Waals surface area (Å²) in [5.41, 5.74) is 1.08. The zero-order chi connectivity index (χ0) is 6.53. The molecule has 2 heteroatoms. The molecule has 0 aliphatic rings. The Morgan fingerprint density at radius 1 is 1.67 bits per heavy atom. The van der Waals surface area contributed by atoms with E-state index in [0.29, 0.717) is 5.88 Å². The Kier molecular flexibility index (Phi) is 2.52. The molecule has 0 spiro atoms. The highest BCUT2D eigenvalue weighted by molar-refractivity contribution is 6.17. The van der Waals surface area contributed by atoms with Gasteiger partial charge in [-0.05, 0) is 18.1 Å². The largest absolute Gasteiger partial charge is 0.254 e. The summed E-state index contributed by atoms with van der Waals surface area (Å²) in [6.45, 7) is 0. The first-order valence-electron chi connectivity index (χ1n) is 2.81. The molecule has 0 saturated heterocycles. The molecule has 1 aromatic rings. The van der Waals surface area contributed by atoms with Crippen molar-refractivity contribution in [2.24, 2.45) is 0 Å². The van der Waals surface area contributed by atoms with Crippen molar-refractivity contribution in [3.05, 3.63) is 30.1 Å². The third kappa shape index (κ3) is 2.02. The van der Waals surface area contributed by atoms with Gasteiger partial charge in [0.15, 0.2) is 0 Å². The summed E-state index contributed by atoms with van der Waals surface area (Å²) in [5.74, 6) is 0.641. The van der Waals surface area contributed by atoms with E-state index in [4.69, 9.17) is 11.6 Å². The molecule has 0 aromatic carbocycles. The molecule has 0 fully saturated rings. The molecule has 0 aliphatic heterocycles. The second-order valence-electron chi connectivity index (χ2n) is 1.71. The third-order valence-electron chi connectivity index (χ3n) is 1.03. The molecule has 0 saturated carbocycles. The van der Waals surface area contributed by atoms with Gasteiger partial charge in [-0.2, -0.15) is 0 Å². The quantitative estimate of drug-likeness (QED) is 0.570. The molecular formula is C7H7ClN. The van der Waals surface area contributed by atoms with E-state index >= 15 is 0 Å². The van der Waals surface area contributed by atoms with Gasteiger partial charge in [-0.25, -0.2) is 0 Å². The Labute approximate surface area is 59.7 Å². The lowest BCUT2D eigenvalue weighted by atomic mass is 10.2. The highest BCUT2D eigenvalue weighted by Gasteiger charge is 1.87. The lowest BCUT2D eigenvalue weighted by Crippen LogP contribution is -1.85. The zero-order valence-corrected chi connectivity index (χ0v) is 5.73. The molecule has 0 unspecified atom stereocenters. The van der Waals surface area contributed by atoms with E-state index < -0.39 is 0 Å². The van der Waals surface area contributed by atoms with Crippen LogP contribution in [-0.2, 0) is 6.42 Å². The molecule has 0 atom stereocenters. The second kappa shape index (κ2) is 3.46. The van der Waals surface area contributed by atoms with Crippen LogP contribution in [0.5, 0.6) is 0 Å². The van der Waals surface area contributed by atoms with Crippen LogP contribution in [0.1, 0.15) is 5.56 Å². The lowest BCUT2D eigenvalue weighted by molar-refractivity contribution is 1.10. The summed E-state index contributed by atoms with van der Waals surface area (Å²) < 4.78 is 0. The van der Waals surface area contributed by atoms with Crippen molar-refractivity contribution in [2.75, 3.05) is 5.88 Å². The number of aryl methyl sites for hydroxylation is 1. The number of hydrogen-bond acceptors (Lipinski definition) is 1. The van der Waals surface area contributed by atoms with Gasteiger partial charge in [-0.3, -0.25) is 4.98 Å². The Morgan fingerprint density at radius 2 is 2.56 bits per heavy atom. The van der Waals surface area contributed by atoms with Crippen LogP contribution in [-0.4, -0.2) is 10.9 Å². The smallest absolute Gasteiger partial charge is 0.0921 e. The number of aromatic nitrogens is 1. The summed E-state index contributed by atoms with van der Waals surface area (Å²) in [4.78, 5) is 3.82.